The molecule has 0 aromatic heterocycles. The van der Waals surface area contributed by atoms with E-state index in [1.165, 1.54) is 43.3 Å². The van der Waals surface area contributed by atoms with E-state index in [4.69, 9.17) is 0 Å². The molecule has 10 heteroatoms. The highest BCUT2D eigenvalue weighted by Gasteiger charge is 2.40. The molecule has 0 spiro atoms. The minimum absolute atomic E-state index is 0.00941. The van der Waals surface area contributed by atoms with Crippen LogP contribution < -0.4 is 15.5 Å². The molecule has 3 aromatic carbocycles. The molecule has 9 nitrogen and oxygen atoms in total. The third-order valence-corrected chi connectivity index (χ3v) is 5.01. The quantitative estimate of drug-likeness (QED) is 0.325. The van der Waals surface area contributed by atoms with Gasteiger partial charge in [0.15, 0.2) is 0 Å². The summed E-state index contributed by atoms with van der Waals surface area (Å²) in [6.07, 6.45) is 0. The van der Waals surface area contributed by atoms with Gasteiger partial charge < -0.3 is 10.6 Å². The number of non-ortho nitro benzene ring substituents is 1. The number of hydrogen-bond donors (Lipinski definition) is 2. The van der Waals surface area contributed by atoms with Crippen LogP contribution in [0.25, 0.3) is 5.57 Å². The van der Waals surface area contributed by atoms with Crippen molar-refractivity contribution in [1.29, 1.82) is 0 Å². The summed E-state index contributed by atoms with van der Waals surface area (Å²) >= 11 is 0. The number of anilines is 3. The summed E-state index contributed by atoms with van der Waals surface area (Å²) in [5, 5.41) is 16.6. The lowest BCUT2D eigenvalue weighted by molar-refractivity contribution is -0.384. The predicted molar refractivity (Wildman–Crippen MR) is 123 cm³/mol. The zero-order chi connectivity index (χ0) is 24.4. The second kappa shape index (κ2) is 8.94. The first-order chi connectivity index (χ1) is 16.2. The third kappa shape index (κ3) is 4.37. The van der Waals surface area contributed by atoms with Crippen LogP contribution in [0.1, 0.15) is 12.5 Å². The van der Waals surface area contributed by atoms with E-state index in [-0.39, 0.29) is 28.6 Å². The Morgan fingerprint density at radius 2 is 1.47 bits per heavy atom. The van der Waals surface area contributed by atoms with Crippen molar-refractivity contribution in [2.75, 3.05) is 15.5 Å². The minimum atomic E-state index is -0.670. The van der Waals surface area contributed by atoms with E-state index in [2.05, 4.69) is 10.6 Å². The number of nitrogens with one attached hydrogen (secondary N) is 2. The van der Waals surface area contributed by atoms with E-state index in [0.29, 0.717) is 16.9 Å². The molecular weight excluding hydrogens is 443 g/mol. The molecule has 1 aliphatic heterocycles. The molecule has 0 radical (unpaired) electrons. The second-order valence-electron chi connectivity index (χ2n) is 7.36. The molecule has 0 bridgehead atoms. The van der Waals surface area contributed by atoms with Crippen molar-refractivity contribution in [2.45, 2.75) is 6.92 Å². The molecule has 0 fully saturated rings. The van der Waals surface area contributed by atoms with Gasteiger partial charge in [0.25, 0.3) is 17.5 Å². The predicted octanol–water partition coefficient (Wildman–Crippen LogP) is 4.09. The Kier molecular flexibility index (Phi) is 5.88. The summed E-state index contributed by atoms with van der Waals surface area (Å²) < 4.78 is 13.4. The van der Waals surface area contributed by atoms with Gasteiger partial charge in [-0.2, -0.15) is 0 Å². The van der Waals surface area contributed by atoms with Gasteiger partial charge >= 0.3 is 0 Å². The molecule has 0 unspecified atom stereocenters. The van der Waals surface area contributed by atoms with Crippen LogP contribution in [0, 0.1) is 15.9 Å². The molecule has 0 saturated heterocycles. The van der Waals surface area contributed by atoms with Crippen molar-refractivity contribution < 1.29 is 23.7 Å². The Bertz CT molecular complexity index is 1330. The first-order valence-corrected chi connectivity index (χ1v) is 10.0. The number of amides is 3. The molecule has 1 heterocycles. The fourth-order valence-corrected chi connectivity index (χ4v) is 3.47. The highest BCUT2D eigenvalue weighted by Crippen LogP contribution is 2.34. The largest absolute Gasteiger partial charge is 0.350 e. The van der Waals surface area contributed by atoms with Crippen molar-refractivity contribution in [2.24, 2.45) is 0 Å². The van der Waals surface area contributed by atoms with Crippen molar-refractivity contribution in [3.63, 3.8) is 0 Å². The smallest absolute Gasteiger partial charge is 0.282 e. The highest BCUT2D eigenvalue weighted by molar-refractivity contribution is 6.46. The van der Waals surface area contributed by atoms with Gasteiger partial charge in [-0.15, -0.1) is 0 Å². The number of nitro groups is 1. The summed E-state index contributed by atoms with van der Waals surface area (Å²) in [6.45, 7) is 1.38. The average Bonchev–Trinajstić information content (AvgIpc) is 3.05. The summed E-state index contributed by atoms with van der Waals surface area (Å²) in [5.74, 6) is -2.10. The molecule has 0 saturated carbocycles. The first kappa shape index (κ1) is 22.3. The van der Waals surface area contributed by atoms with E-state index < -0.39 is 22.6 Å². The van der Waals surface area contributed by atoms with Crippen LogP contribution in [0.2, 0.25) is 0 Å². The first-order valence-electron chi connectivity index (χ1n) is 10.0. The summed E-state index contributed by atoms with van der Waals surface area (Å²) in [7, 11) is 0. The number of benzene rings is 3. The number of carbonyl (C=O) groups is 3. The van der Waals surface area contributed by atoms with Crippen LogP contribution in [0.15, 0.2) is 78.5 Å². The van der Waals surface area contributed by atoms with E-state index in [1.807, 2.05) is 0 Å². The van der Waals surface area contributed by atoms with E-state index in [0.717, 1.165) is 17.0 Å². The fourth-order valence-electron chi connectivity index (χ4n) is 3.47. The SMILES string of the molecule is CC(=O)Nc1ccc(NC2=C(c3ccc([N+](=O)[O-])cc3)C(=O)N(c3ccc(F)cc3)C2=O)cc1. The van der Waals surface area contributed by atoms with Gasteiger partial charge in [0.05, 0.1) is 16.2 Å². The molecule has 2 N–H and O–H groups in total. The topological polar surface area (TPSA) is 122 Å². The van der Waals surface area contributed by atoms with Crippen LogP contribution in [0.5, 0.6) is 0 Å². The monoisotopic (exact) mass is 460 g/mol. The van der Waals surface area contributed by atoms with E-state index in [1.54, 1.807) is 24.3 Å². The molecular formula is C24H17FN4O5. The second-order valence-corrected chi connectivity index (χ2v) is 7.36. The van der Waals surface area contributed by atoms with Gasteiger partial charge in [-0.1, -0.05) is 0 Å². The van der Waals surface area contributed by atoms with Gasteiger partial charge in [-0.05, 0) is 66.2 Å². The molecule has 34 heavy (non-hydrogen) atoms. The van der Waals surface area contributed by atoms with Gasteiger partial charge in [0, 0.05) is 30.4 Å². The lowest BCUT2D eigenvalue weighted by atomic mass is 10.0. The standard InChI is InChI=1S/C24H17FN4O5/c1-14(30)26-17-6-8-18(9-7-17)27-22-21(15-2-10-20(11-3-15)29(33)34)23(31)28(24(22)32)19-12-4-16(25)5-13-19/h2-13,27H,1H3,(H,26,30). The van der Waals surface area contributed by atoms with E-state index in [9.17, 15) is 28.9 Å². The van der Waals surface area contributed by atoms with Crippen LogP contribution in [-0.4, -0.2) is 22.6 Å². The van der Waals surface area contributed by atoms with Gasteiger partial charge in [-0.3, -0.25) is 24.5 Å². The maximum absolute atomic E-state index is 13.4. The lowest BCUT2D eigenvalue weighted by Crippen LogP contribution is -2.32. The Morgan fingerprint density at radius 3 is 2.03 bits per heavy atom. The Hall–Kier alpha value is -4.86. The third-order valence-electron chi connectivity index (χ3n) is 5.01. The Balaban J connectivity index is 1.75. The van der Waals surface area contributed by atoms with Gasteiger partial charge in [-0.25, -0.2) is 9.29 Å². The zero-order valence-electron chi connectivity index (χ0n) is 17.7. The fraction of sp³-hybridized carbons (Fsp3) is 0.0417. The van der Waals surface area contributed by atoms with Crippen LogP contribution in [0.4, 0.5) is 27.1 Å². The number of imide groups is 1. The zero-order valence-corrected chi connectivity index (χ0v) is 17.7. The number of hydrogen-bond acceptors (Lipinski definition) is 6. The average molecular weight is 460 g/mol. The maximum Gasteiger partial charge on any atom is 0.282 e. The molecule has 3 aromatic rings. The molecule has 170 valence electrons. The summed E-state index contributed by atoms with van der Waals surface area (Å²) in [4.78, 5) is 49.2. The number of carbonyl (C=O) groups excluding carboxylic acids is 3. The van der Waals surface area contributed by atoms with Crippen molar-refractivity contribution in [1.82, 2.24) is 0 Å². The Labute approximate surface area is 192 Å². The van der Waals surface area contributed by atoms with Crippen molar-refractivity contribution in [3.05, 3.63) is 100.0 Å². The van der Waals surface area contributed by atoms with Crippen LogP contribution in [-0.2, 0) is 14.4 Å². The Morgan fingerprint density at radius 1 is 0.882 bits per heavy atom. The lowest BCUT2D eigenvalue weighted by Gasteiger charge is -2.15. The minimum Gasteiger partial charge on any atom is -0.350 e. The molecule has 1 aliphatic rings. The normalized spacial score (nSPS) is 13.3. The maximum atomic E-state index is 13.4. The molecule has 4 rings (SSSR count). The summed E-state index contributed by atoms with van der Waals surface area (Å²) in [5.41, 5.74) is 1.28. The number of nitrogens with zero attached hydrogens (tertiary/aromatic N) is 2. The summed E-state index contributed by atoms with van der Waals surface area (Å²) in [6, 6.07) is 16.6. The van der Waals surface area contributed by atoms with E-state index >= 15 is 0 Å². The van der Waals surface area contributed by atoms with Crippen molar-refractivity contribution in [3.8, 4) is 0 Å². The molecule has 0 aliphatic carbocycles. The number of halogens is 1. The number of nitro benzene ring substituents is 1. The molecule has 3 amide bonds. The van der Waals surface area contributed by atoms with Gasteiger partial charge in [0.2, 0.25) is 5.91 Å². The van der Waals surface area contributed by atoms with Crippen LogP contribution >= 0.6 is 0 Å². The van der Waals surface area contributed by atoms with Crippen molar-refractivity contribution >= 4 is 46.0 Å². The van der Waals surface area contributed by atoms with Gasteiger partial charge in [0.1, 0.15) is 11.5 Å². The number of rotatable bonds is 6. The molecule has 0 atom stereocenters. The highest BCUT2D eigenvalue weighted by atomic mass is 19.1. The van der Waals surface area contributed by atoms with Crippen LogP contribution in [0.3, 0.4) is 0 Å².